The molecular formula is C17H20N2O3S. The number of carbonyl (C=O) groups excluding carboxylic acids is 1. The lowest BCUT2D eigenvalue weighted by atomic mass is 9.98. The Morgan fingerprint density at radius 1 is 1.26 bits per heavy atom. The van der Waals surface area contributed by atoms with Crippen molar-refractivity contribution in [3.63, 3.8) is 0 Å². The van der Waals surface area contributed by atoms with Gasteiger partial charge in [0.25, 0.3) is 0 Å². The number of nitrogens with zero attached hydrogens (tertiary/aromatic N) is 2. The fourth-order valence-electron chi connectivity index (χ4n) is 2.84. The van der Waals surface area contributed by atoms with Gasteiger partial charge >= 0.3 is 0 Å². The number of methoxy groups -OCH3 is 2. The Morgan fingerprint density at radius 2 is 2.00 bits per heavy atom. The summed E-state index contributed by atoms with van der Waals surface area (Å²) in [6.07, 6.45) is 3.85. The summed E-state index contributed by atoms with van der Waals surface area (Å²) in [5.74, 6) is 1.64. The third-order valence-electron chi connectivity index (χ3n) is 4.11. The van der Waals surface area contributed by atoms with Gasteiger partial charge in [0.15, 0.2) is 11.5 Å². The second kappa shape index (κ2) is 7.00. The van der Waals surface area contributed by atoms with E-state index in [1.165, 1.54) is 5.56 Å². The first kappa shape index (κ1) is 15.8. The van der Waals surface area contributed by atoms with Gasteiger partial charge in [0.2, 0.25) is 5.91 Å². The number of fused-ring (bicyclic) bond motifs is 1. The van der Waals surface area contributed by atoms with Crippen molar-refractivity contribution in [2.45, 2.75) is 25.8 Å². The molecular weight excluding hydrogens is 312 g/mol. The minimum Gasteiger partial charge on any atom is -0.493 e. The van der Waals surface area contributed by atoms with Gasteiger partial charge in [-0.05, 0) is 29.7 Å². The maximum atomic E-state index is 12.4. The van der Waals surface area contributed by atoms with Crippen LogP contribution in [0.1, 0.15) is 22.6 Å². The van der Waals surface area contributed by atoms with E-state index in [2.05, 4.69) is 4.98 Å². The van der Waals surface area contributed by atoms with Crippen LogP contribution < -0.4 is 9.47 Å². The Morgan fingerprint density at radius 3 is 2.65 bits per heavy atom. The number of hydrogen-bond donors (Lipinski definition) is 0. The maximum Gasteiger partial charge on any atom is 0.223 e. The predicted molar refractivity (Wildman–Crippen MR) is 89.1 cm³/mol. The first-order valence-electron chi connectivity index (χ1n) is 7.61. The van der Waals surface area contributed by atoms with E-state index in [-0.39, 0.29) is 5.91 Å². The van der Waals surface area contributed by atoms with Crippen LogP contribution in [0.25, 0.3) is 0 Å². The van der Waals surface area contributed by atoms with E-state index in [0.29, 0.717) is 25.1 Å². The molecule has 23 heavy (non-hydrogen) atoms. The van der Waals surface area contributed by atoms with Crippen LogP contribution in [-0.4, -0.2) is 36.6 Å². The van der Waals surface area contributed by atoms with Gasteiger partial charge in [-0.1, -0.05) is 0 Å². The van der Waals surface area contributed by atoms with E-state index in [4.69, 9.17) is 9.47 Å². The van der Waals surface area contributed by atoms with Crippen molar-refractivity contribution in [2.24, 2.45) is 0 Å². The van der Waals surface area contributed by atoms with Gasteiger partial charge in [-0.3, -0.25) is 4.79 Å². The van der Waals surface area contributed by atoms with Crippen molar-refractivity contribution in [1.29, 1.82) is 0 Å². The van der Waals surface area contributed by atoms with Crippen LogP contribution in [-0.2, 0) is 24.2 Å². The highest BCUT2D eigenvalue weighted by Gasteiger charge is 2.22. The van der Waals surface area contributed by atoms with E-state index in [1.54, 1.807) is 31.8 Å². The zero-order chi connectivity index (χ0) is 16.2. The number of ether oxygens (including phenoxy) is 2. The zero-order valence-corrected chi connectivity index (χ0v) is 14.2. The number of aromatic nitrogens is 1. The number of hydrogen-bond acceptors (Lipinski definition) is 5. The number of carbonyl (C=O) groups is 1. The lowest BCUT2D eigenvalue weighted by Crippen LogP contribution is -2.36. The highest BCUT2D eigenvalue weighted by Crippen LogP contribution is 2.33. The topological polar surface area (TPSA) is 51.7 Å². The average molecular weight is 332 g/mol. The van der Waals surface area contributed by atoms with Crippen molar-refractivity contribution in [1.82, 2.24) is 9.88 Å². The Labute approximate surface area is 139 Å². The minimum atomic E-state index is 0.181. The first-order valence-corrected chi connectivity index (χ1v) is 8.49. The molecule has 0 N–H and O–H groups in total. The summed E-state index contributed by atoms with van der Waals surface area (Å²) in [6.45, 7) is 1.38. The molecule has 0 fully saturated rings. The van der Waals surface area contributed by atoms with E-state index < -0.39 is 0 Å². The molecule has 1 aliphatic heterocycles. The van der Waals surface area contributed by atoms with Gasteiger partial charge in [-0.15, -0.1) is 11.3 Å². The third-order valence-corrected chi connectivity index (χ3v) is 4.95. The molecule has 0 saturated carbocycles. The van der Waals surface area contributed by atoms with Crippen molar-refractivity contribution in [2.75, 3.05) is 20.8 Å². The fourth-order valence-corrected chi connectivity index (χ4v) is 3.46. The maximum absolute atomic E-state index is 12.4. The Kier molecular flexibility index (Phi) is 4.81. The molecule has 6 heteroatoms. The molecule has 0 bridgehead atoms. The molecule has 3 rings (SSSR count). The van der Waals surface area contributed by atoms with Crippen LogP contribution >= 0.6 is 11.3 Å². The number of amides is 1. The molecule has 1 aliphatic rings. The summed E-state index contributed by atoms with van der Waals surface area (Å²) < 4.78 is 10.7. The normalized spacial score (nSPS) is 13.6. The van der Waals surface area contributed by atoms with E-state index in [1.807, 2.05) is 22.4 Å². The number of rotatable bonds is 5. The molecule has 1 aromatic heterocycles. The highest BCUT2D eigenvalue weighted by atomic mass is 32.1. The van der Waals surface area contributed by atoms with Crippen molar-refractivity contribution < 1.29 is 14.3 Å². The van der Waals surface area contributed by atoms with Crippen LogP contribution in [0.5, 0.6) is 11.5 Å². The fraction of sp³-hybridized carbons (Fsp3) is 0.412. The second-order valence-corrected chi connectivity index (χ2v) is 6.45. The van der Waals surface area contributed by atoms with Crippen LogP contribution in [0.15, 0.2) is 23.7 Å². The lowest BCUT2D eigenvalue weighted by Gasteiger charge is -2.29. The molecule has 1 amide bonds. The summed E-state index contributed by atoms with van der Waals surface area (Å²) >= 11 is 1.60. The van der Waals surface area contributed by atoms with Gasteiger partial charge in [0.05, 0.1) is 19.2 Å². The quantitative estimate of drug-likeness (QED) is 0.845. The molecule has 2 heterocycles. The summed E-state index contributed by atoms with van der Waals surface area (Å²) in [6, 6.07) is 4.00. The predicted octanol–water partition coefficient (Wildman–Crippen LogP) is 2.68. The molecule has 0 saturated heterocycles. The summed E-state index contributed by atoms with van der Waals surface area (Å²) in [4.78, 5) is 18.6. The molecule has 0 spiro atoms. The Balaban J connectivity index is 1.68. The smallest absolute Gasteiger partial charge is 0.223 e. The summed E-state index contributed by atoms with van der Waals surface area (Å²) in [7, 11) is 3.27. The number of benzene rings is 1. The number of thiazole rings is 1. The first-order chi connectivity index (χ1) is 11.2. The van der Waals surface area contributed by atoms with E-state index >= 15 is 0 Å². The van der Waals surface area contributed by atoms with Gasteiger partial charge in [0, 0.05) is 37.5 Å². The molecule has 0 unspecified atom stereocenters. The molecule has 2 aromatic rings. The van der Waals surface area contributed by atoms with Crippen LogP contribution in [0.2, 0.25) is 0 Å². The van der Waals surface area contributed by atoms with E-state index in [9.17, 15) is 4.79 Å². The monoisotopic (exact) mass is 332 g/mol. The highest BCUT2D eigenvalue weighted by molar-refractivity contribution is 7.09. The van der Waals surface area contributed by atoms with Crippen LogP contribution in [0, 0.1) is 0 Å². The van der Waals surface area contributed by atoms with Crippen LogP contribution in [0.4, 0.5) is 0 Å². The van der Waals surface area contributed by atoms with Crippen LogP contribution in [0.3, 0.4) is 0 Å². The van der Waals surface area contributed by atoms with Gasteiger partial charge in [-0.2, -0.15) is 0 Å². The lowest BCUT2D eigenvalue weighted by molar-refractivity contribution is -0.132. The SMILES string of the molecule is COc1cc2c(cc1OC)CN(C(=O)CCc1nccs1)CC2. The van der Waals surface area contributed by atoms with Gasteiger partial charge in [-0.25, -0.2) is 4.98 Å². The Bertz CT molecular complexity index is 685. The molecule has 0 aliphatic carbocycles. The molecule has 1 aromatic carbocycles. The average Bonchev–Trinajstić information content (AvgIpc) is 3.11. The molecule has 0 atom stereocenters. The third kappa shape index (κ3) is 3.47. The molecule has 122 valence electrons. The van der Waals surface area contributed by atoms with Gasteiger partial charge < -0.3 is 14.4 Å². The zero-order valence-electron chi connectivity index (χ0n) is 13.4. The summed E-state index contributed by atoms with van der Waals surface area (Å²) in [5.41, 5.74) is 2.36. The van der Waals surface area contributed by atoms with E-state index in [0.717, 1.165) is 29.3 Å². The molecule has 5 nitrogen and oxygen atoms in total. The molecule has 0 radical (unpaired) electrons. The Hall–Kier alpha value is -2.08. The number of aryl methyl sites for hydroxylation is 1. The minimum absolute atomic E-state index is 0.181. The standard InChI is InChI=1S/C17H20N2O3S/c1-21-14-9-12-5-7-19(11-13(12)10-15(14)22-2)17(20)4-3-16-18-6-8-23-16/h6,8-10H,3-5,7,11H2,1-2H3. The summed E-state index contributed by atoms with van der Waals surface area (Å²) in [5, 5.41) is 2.96. The largest absolute Gasteiger partial charge is 0.493 e. The van der Waals surface area contributed by atoms with Crippen molar-refractivity contribution >= 4 is 17.2 Å². The van der Waals surface area contributed by atoms with Gasteiger partial charge in [0.1, 0.15) is 0 Å². The van der Waals surface area contributed by atoms with Crippen molar-refractivity contribution in [3.05, 3.63) is 39.8 Å². The second-order valence-electron chi connectivity index (χ2n) is 5.47. The van der Waals surface area contributed by atoms with Crippen molar-refractivity contribution in [3.8, 4) is 11.5 Å².